The number of rotatable bonds is 2. The lowest BCUT2D eigenvalue weighted by atomic mass is 9.69. The van der Waals surface area contributed by atoms with E-state index in [-0.39, 0.29) is 12.0 Å². The molecule has 0 bridgehead atoms. The van der Waals surface area contributed by atoms with Crippen molar-refractivity contribution in [3.05, 3.63) is 17.3 Å². The maximum atomic E-state index is 9.29. The van der Waals surface area contributed by atoms with Gasteiger partial charge in [0.2, 0.25) is 5.89 Å². The van der Waals surface area contributed by atoms with Gasteiger partial charge in [-0.3, -0.25) is 0 Å². The van der Waals surface area contributed by atoms with Gasteiger partial charge in [-0.2, -0.15) is 0 Å². The molecule has 0 unspecified atom stereocenters. The Morgan fingerprint density at radius 3 is 2.46 bits per heavy atom. The molecule has 2 rings (SSSR count). The van der Waals surface area contributed by atoms with Crippen LogP contribution >= 0.6 is 0 Å². The molecule has 1 heterocycles. The van der Waals surface area contributed by atoms with Crippen LogP contribution in [0.5, 0.6) is 0 Å². The minimum atomic E-state index is -0.154. The Bertz CT molecular complexity index is 288. The number of aliphatic hydroxyl groups is 1. The molecule has 0 amide bonds. The second kappa shape index (κ2) is 2.84. The van der Waals surface area contributed by atoms with Crippen LogP contribution in [0.4, 0.5) is 0 Å². The number of aliphatic hydroxyl groups excluding tert-OH is 1. The van der Waals surface area contributed by atoms with Crippen molar-refractivity contribution in [2.24, 2.45) is 0 Å². The molecule has 1 aliphatic carbocycles. The lowest BCUT2D eigenvalue weighted by Crippen LogP contribution is -2.38. The summed E-state index contributed by atoms with van der Waals surface area (Å²) in [6.07, 6.45) is 3.17. The molecule has 1 aliphatic rings. The predicted molar refractivity (Wildman–Crippen MR) is 48.6 cm³/mol. The smallest absolute Gasteiger partial charge is 0.203 e. The molecule has 0 saturated heterocycles. The average molecular weight is 181 g/mol. The molecule has 0 aliphatic heterocycles. The first-order valence-electron chi connectivity index (χ1n) is 4.73. The molecular weight excluding hydrogens is 166 g/mol. The van der Waals surface area contributed by atoms with E-state index < -0.39 is 0 Å². The van der Waals surface area contributed by atoms with Crippen LogP contribution in [0.1, 0.15) is 36.6 Å². The molecule has 1 aromatic rings. The highest BCUT2D eigenvalue weighted by Crippen LogP contribution is 2.43. The van der Waals surface area contributed by atoms with Gasteiger partial charge in [0.05, 0.1) is 17.7 Å². The average Bonchev–Trinajstić information content (AvgIpc) is 2.31. The number of nitrogens with zero attached hydrogens (tertiary/aromatic N) is 1. The molecule has 0 radical (unpaired) electrons. The number of aryl methyl sites for hydroxylation is 2. The van der Waals surface area contributed by atoms with E-state index in [4.69, 9.17) is 4.42 Å². The molecule has 13 heavy (non-hydrogen) atoms. The van der Waals surface area contributed by atoms with Gasteiger partial charge in [0.1, 0.15) is 5.76 Å². The van der Waals surface area contributed by atoms with E-state index in [9.17, 15) is 5.11 Å². The first-order valence-corrected chi connectivity index (χ1v) is 4.73. The topological polar surface area (TPSA) is 46.3 Å². The van der Waals surface area contributed by atoms with Gasteiger partial charge in [-0.05, 0) is 26.7 Å². The molecule has 1 N–H and O–H groups in total. The summed E-state index contributed by atoms with van der Waals surface area (Å²) in [5.41, 5.74) is 0.786. The lowest BCUT2D eigenvalue weighted by molar-refractivity contribution is 0.0926. The maximum Gasteiger partial charge on any atom is 0.203 e. The molecular formula is C10H15NO2. The first-order chi connectivity index (χ1) is 6.18. The summed E-state index contributed by atoms with van der Waals surface area (Å²) in [4.78, 5) is 4.35. The summed E-state index contributed by atoms with van der Waals surface area (Å²) in [6.45, 7) is 4.01. The normalized spacial score (nSPS) is 19.9. The maximum absolute atomic E-state index is 9.29. The van der Waals surface area contributed by atoms with Crippen LogP contribution in [0.2, 0.25) is 0 Å². The van der Waals surface area contributed by atoms with Crippen LogP contribution in [0, 0.1) is 13.8 Å². The predicted octanol–water partition coefficient (Wildman–Crippen LogP) is 1.71. The standard InChI is InChI=1S/C10H15NO2/c1-7-8(2)13-9(11-7)10(6-12)4-3-5-10/h12H,3-6H2,1-2H3. The fourth-order valence-corrected chi connectivity index (χ4v) is 1.74. The van der Waals surface area contributed by atoms with Crippen LogP contribution in [0.15, 0.2) is 4.42 Å². The lowest BCUT2D eigenvalue weighted by Gasteiger charge is -2.36. The van der Waals surface area contributed by atoms with Crippen molar-refractivity contribution in [3.8, 4) is 0 Å². The minimum absolute atomic E-state index is 0.154. The van der Waals surface area contributed by atoms with Crippen molar-refractivity contribution in [2.45, 2.75) is 38.5 Å². The van der Waals surface area contributed by atoms with E-state index in [2.05, 4.69) is 4.98 Å². The van der Waals surface area contributed by atoms with Gasteiger partial charge in [0.25, 0.3) is 0 Å². The molecule has 1 saturated carbocycles. The fourth-order valence-electron chi connectivity index (χ4n) is 1.74. The zero-order chi connectivity index (χ0) is 9.47. The minimum Gasteiger partial charge on any atom is -0.445 e. The Labute approximate surface area is 77.8 Å². The first kappa shape index (κ1) is 8.75. The summed E-state index contributed by atoms with van der Waals surface area (Å²) in [5.74, 6) is 1.60. The highest BCUT2D eigenvalue weighted by Gasteiger charge is 2.42. The Morgan fingerprint density at radius 1 is 1.46 bits per heavy atom. The Morgan fingerprint density at radius 2 is 2.15 bits per heavy atom. The highest BCUT2D eigenvalue weighted by atomic mass is 16.4. The van der Waals surface area contributed by atoms with Crippen molar-refractivity contribution < 1.29 is 9.52 Å². The van der Waals surface area contributed by atoms with Crippen molar-refractivity contribution in [2.75, 3.05) is 6.61 Å². The number of hydrogen-bond donors (Lipinski definition) is 1. The van der Waals surface area contributed by atoms with Crippen molar-refractivity contribution >= 4 is 0 Å². The van der Waals surface area contributed by atoms with E-state index in [0.717, 1.165) is 30.2 Å². The third-order valence-electron chi connectivity index (χ3n) is 3.10. The Balaban J connectivity index is 2.33. The van der Waals surface area contributed by atoms with E-state index in [1.54, 1.807) is 0 Å². The molecule has 1 fully saturated rings. The van der Waals surface area contributed by atoms with Gasteiger partial charge in [0.15, 0.2) is 0 Å². The Kier molecular flexibility index (Phi) is 1.91. The van der Waals surface area contributed by atoms with Gasteiger partial charge in [0, 0.05) is 0 Å². The van der Waals surface area contributed by atoms with Crippen molar-refractivity contribution in [3.63, 3.8) is 0 Å². The second-order valence-electron chi connectivity index (χ2n) is 3.95. The second-order valence-corrected chi connectivity index (χ2v) is 3.95. The summed E-state index contributed by atoms with van der Waals surface area (Å²) < 4.78 is 5.54. The summed E-state index contributed by atoms with van der Waals surface area (Å²) >= 11 is 0. The zero-order valence-electron chi connectivity index (χ0n) is 8.13. The monoisotopic (exact) mass is 181 g/mol. The number of aromatic nitrogens is 1. The van der Waals surface area contributed by atoms with Gasteiger partial charge in [-0.25, -0.2) is 4.98 Å². The van der Waals surface area contributed by atoms with Gasteiger partial charge in [-0.15, -0.1) is 0 Å². The SMILES string of the molecule is Cc1nc(C2(CO)CCC2)oc1C. The summed E-state index contributed by atoms with van der Waals surface area (Å²) in [5, 5.41) is 9.29. The van der Waals surface area contributed by atoms with E-state index in [1.165, 1.54) is 6.42 Å². The van der Waals surface area contributed by atoms with Crippen LogP contribution < -0.4 is 0 Å². The number of hydrogen-bond acceptors (Lipinski definition) is 3. The van der Waals surface area contributed by atoms with Crippen LogP contribution in [-0.2, 0) is 5.41 Å². The van der Waals surface area contributed by atoms with Crippen LogP contribution in [-0.4, -0.2) is 16.7 Å². The summed E-state index contributed by atoms with van der Waals surface area (Å²) in [7, 11) is 0. The fraction of sp³-hybridized carbons (Fsp3) is 0.700. The highest BCUT2D eigenvalue weighted by molar-refractivity contribution is 5.16. The molecule has 3 nitrogen and oxygen atoms in total. The van der Waals surface area contributed by atoms with Crippen LogP contribution in [0.25, 0.3) is 0 Å². The molecule has 0 spiro atoms. The molecule has 72 valence electrons. The van der Waals surface area contributed by atoms with Gasteiger partial charge < -0.3 is 9.52 Å². The largest absolute Gasteiger partial charge is 0.445 e. The molecule has 3 heteroatoms. The van der Waals surface area contributed by atoms with E-state index in [1.807, 2.05) is 13.8 Å². The molecule has 0 aromatic carbocycles. The Hall–Kier alpha value is -0.830. The van der Waals surface area contributed by atoms with E-state index in [0.29, 0.717) is 0 Å². The zero-order valence-corrected chi connectivity index (χ0v) is 8.13. The van der Waals surface area contributed by atoms with Crippen LogP contribution in [0.3, 0.4) is 0 Å². The molecule has 1 aromatic heterocycles. The quantitative estimate of drug-likeness (QED) is 0.755. The van der Waals surface area contributed by atoms with Gasteiger partial charge >= 0.3 is 0 Å². The third kappa shape index (κ3) is 1.18. The molecule has 0 atom stereocenters. The third-order valence-corrected chi connectivity index (χ3v) is 3.10. The number of oxazole rings is 1. The van der Waals surface area contributed by atoms with Crippen molar-refractivity contribution in [1.82, 2.24) is 4.98 Å². The van der Waals surface area contributed by atoms with Gasteiger partial charge in [-0.1, -0.05) is 6.42 Å². The van der Waals surface area contributed by atoms with Crippen molar-refractivity contribution in [1.29, 1.82) is 0 Å². The summed E-state index contributed by atoms with van der Waals surface area (Å²) in [6, 6.07) is 0. The van der Waals surface area contributed by atoms with E-state index >= 15 is 0 Å².